The maximum atomic E-state index is 13.6. The number of amides is 2. The first-order valence-electron chi connectivity index (χ1n) is 10.6. The molecule has 1 aliphatic rings. The standard InChI is InChI=1S/C23H25FN4O3S/c1-13-6-8-27(9-7-13)18(29)11-28-12-25-22-19(23(28)31)15(3)20(32-22)21(30)26-17-10-16(24)5-4-14(17)2/h4-5,10,12-13H,6-9,11H2,1-3H3,(H,26,30). The number of benzene rings is 1. The van der Waals surface area contributed by atoms with Crippen molar-refractivity contribution in [2.24, 2.45) is 5.92 Å². The number of carbonyl (C=O) groups is 2. The summed E-state index contributed by atoms with van der Waals surface area (Å²) in [6, 6.07) is 4.17. The Morgan fingerprint density at radius 1 is 1.25 bits per heavy atom. The molecular weight excluding hydrogens is 431 g/mol. The molecule has 1 saturated heterocycles. The summed E-state index contributed by atoms with van der Waals surface area (Å²) in [5.41, 5.74) is 1.26. The predicted octanol–water partition coefficient (Wildman–Crippen LogP) is 3.72. The van der Waals surface area contributed by atoms with Crippen LogP contribution in [-0.4, -0.2) is 39.4 Å². The van der Waals surface area contributed by atoms with Gasteiger partial charge in [0, 0.05) is 18.8 Å². The van der Waals surface area contributed by atoms with Crippen molar-refractivity contribution in [1.82, 2.24) is 14.5 Å². The third-order valence-electron chi connectivity index (χ3n) is 6.01. The predicted molar refractivity (Wildman–Crippen MR) is 123 cm³/mol. The van der Waals surface area contributed by atoms with Gasteiger partial charge in [-0.3, -0.25) is 19.0 Å². The van der Waals surface area contributed by atoms with E-state index >= 15 is 0 Å². The number of likely N-dealkylation sites (tertiary alicyclic amines) is 1. The van der Waals surface area contributed by atoms with E-state index in [0.29, 0.717) is 45.4 Å². The van der Waals surface area contributed by atoms with E-state index in [9.17, 15) is 18.8 Å². The van der Waals surface area contributed by atoms with Crippen molar-refractivity contribution in [3.63, 3.8) is 0 Å². The molecule has 0 radical (unpaired) electrons. The molecule has 1 N–H and O–H groups in total. The quantitative estimate of drug-likeness (QED) is 0.649. The molecule has 0 unspecified atom stereocenters. The number of anilines is 1. The second kappa shape index (κ2) is 8.82. The normalized spacial score (nSPS) is 14.7. The van der Waals surface area contributed by atoms with Crippen LogP contribution in [0.15, 0.2) is 29.3 Å². The van der Waals surface area contributed by atoms with Gasteiger partial charge in [0.1, 0.15) is 17.2 Å². The lowest BCUT2D eigenvalue weighted by molar-refractivity contribution is -0.133. The average molecular weight is 457 g/mol. The lowest BCUT2D eigenvalue weighted by Crippen LogP contribution is -2.41. The van der Waals surface area contributed by atoms with Gasteiger partial charge >= 0.3 is 0 Å². The Labute approximate surface area is 188 Å². The van der Waals surface area contributed by atoms with Gasteiger partial charge in [0.15, 0.2) is 0 Å². The minimum absolute atomic E-state index is 0.0740. The van der Waals surface area contributed by atoms with Crippen LogP contribution in [0.4, 0.5) is 10.1 Å². The number of fused-ring (bicyclic) bond motifs is 1. The number of carbonyl (C=O) groups excluding carboxylic acids is 2. The molecule has 3 aromatic rings. The molecule has 168 valence electrons. The number of thiophene rings is 1. The molecule has 32 heavy (non-hydrogen) atoms. The van der Waals surface area contributed by atoms with Crippen molar-refractivity contribution in [2.45, 2.75) is 40.2 Å². The van der Waals surface area contributed by atoms with Crippen molar-refractivity contribution >= 4 is 39.1 Å². The summed E-state index contributed by atoms with van der Waals surface area (Å²) in [6.07, 6.45) is 3.29. The van der Waals surface area contributed by atoms with Crippen molar-refractivity contribution in [3.05, 3.63) is 56.7 Å². The number of halogens is 1. The summed E-state index contributed by atoms with van der Waals surface area (Å²) >= 11 is 1.11. The molecule has 1 aromatic carbocycles. The first-order chi connectivity index (χ1) is 15.2. The van der Waals surface area contributed by atoms with Crippen molar-refractivity contribution in [1.29, 1.82) is 0 Å². The fourth-order valence-corrected chi connectivity index (χ4v) is 4.93. The summed E-state index contributed by atoms with van der Waals surface area (Å²) in [5, 5.41) is 3.05. The van der Waals surface area contributed by atoms with E-state index in [-0.39, 0.29) is 18.0 Å². The minimum atomic E-state index is -0.448. The van der Waals surface area contributed by atoms with Crippen LogP contribution in [0.2, 0.25) is 0 Å². The van der Waals surface area contributed by atoms with Crippen molar-refractivity contribution < 1.29 is 14.0 Å². The zero-order valence-electron chi connectivity index (χ0n) is 18.3. The maximum Gasteiger partial charge on any atom is 0.266 e. The summed E-state index contributed by atoms with van der Waals surface area (Å²) < 4.78 is 14.9. The highest BCUT2D eigenvalue weighted by Gasteiger charge is 2.23. The van der Waals surface area contributed by atoms with Crippen LogP contribution in [-0.2, 0) is 11.3 Å². The fourth-order valence-electron chi connectivity index (χ4n) is 3.90. The highest BCUT2D eigenvalue weighted by molar-refractivity contribution is 7.20. The summed E-state index contributed by atoms with van der Waals surface area (Å²) in [6.45, 7) is 6.96. The molecule has 0 spiro atoms. The van der Waals surface area contributed by atoms with E-state index in [0.717, 1.165) is 29.7 Å². The molecule has 7 nitrogen and oxygen atoms in total. The number of aryl methyl sites for hydroxylation is 2. The summed E-state index contributed by atoms with van der Waals surface area (Å²) in [5.74, 6) is -0.374. The van der Waals surface area contributed by atoms with Gasteiger partial charge in [-0.2, -0.15) is 0 Å². The highest BCUT2D eigenvalue weighted by atomic mass is 32.1. The second-order valence-corrected chi connectivity index (χ2v) is 9.39. The Morgan fingerprint density at radius 2 is 1.97 bits per heavy atom. The Balaban J connectivity index is 1.59. The zero-order chi connectivity index (χ0) is 23.0. The average Bonchev–Trinajstić information content (AvgIpc) is 3.10. The van der Waals surface area contributed by atoms with E-state index in [1.807, 2.05) is 0 Å². The van der Waals surface area contributed by atoms with Crippen LogP contribution in [0.25, 0.3) is 10.2 Å². The molecule has 0 aliphatic carbocycles. The van der Waals surface area contributed by atoms with Gasteiger partial charge in [-0.05, 0) is 55.9 Å². The number of nitrogens with zero attached hydrogens (tertiary/aromatic N) is 3. The van der Waals surface area contributed by atoms with Crippen LogP contribution < -0.4 is 10.9 Å². The zero-order valence-corrected chi connectivity index (χ0v) is 19.1. The third kappa shape index (κ3) is 4.29. The Morgan fingerprint density at radius 3 is 2.69 bits per heavy atom. The first kappa shape index (κ1) is 22.1. The third-order valence-corrected chi connectivity index (χ3v) is 7.21. The Bertz CT molecular complexity index is 1260. The first-order valence-corrected chi connectivity index (χ1v) is 11.4. The lowest BCUT2D eigenvalue weighted by atomic mass is 9.99. The van der Waals surface area contributed by atoms with Crippen molar-refractivity contribution in [3.8, 4) is 0 Å². The maximum absolute atomic E-state index is 13.6. The van der Waals surface area contributed by atoms with Gasteiger partial charge in [-0.1, -0.05) is 13.0 Å². The van der Waals surface area contributed by atoms with Crippen LogP contribution in [0.1, 0.15) is 40.6 Å². The van der Waals surface area contributed by atoms with Crippen LogP contribution in [0.5, 0.6) is 0 Å². The van der Waals surface area contributed by atoms with E-state index in [2.05, 4.69) is 17.2 Å². The molecule has 0 bridgehead atoms. The van der Waals surface area contributed by atoms with Gasteiger partial charge in [0.25, 0.3) is 11.5 Å². The molecule has 1 fully saturated rings. The van der Waals surface area contributed by atoms with Crippen molar-refractivity contribution in [2.75, 3.05) is 18.4 Å². The van der Waals surface area contributed by atoms with Gasteiger partial charge in [0.2, 0.25) is 5.91 Å². The highest BCUT2D eigenvalue weighted by Crippen LogP contribution is 2.28. The number of aromatic nitrogens is 2. The van der Waals surface area contributed by atoms with Crippen LogP contribution >= 0.6 is 11.3 Å². The molecule has 0 atom stereocenters. The molecular formula is C23H25FN4O3S. The van der Waals surface area contributed by atoms with Gasteiger partial charge in [0.05, 0.1) is 16.6 Å². The van der Waals surface area contributed by atoms with E-state index in [1.54, 1.807) is 24.8 Å². The molecule has 3 heterocycles. The molecule has 2 amide bonds. The lowest BCUT2D eigenvalue weighted by Gasteiger charge is -2.30. The minimum Gasteiger partial charge on any atom is -0.341 e. The second-order valence-electron chi connectivity index (χ2n) is 8.39. The topological polar surface area (TPSA) is 84.3 Å². The molecule has 9 heteroatoms. The molecule has 2 aromatic heterocycles. The van der Waals surface area contributed by atoms with Gasteiger partial charge in [-0.25, -0.2) is 9.37 Å². The number of hydrogen-bond donors (Lipinski definition) is 1. The van der Waals surface area contributed by atoms with Gasteiger partial charge < -0.3 is 10.2 Å². The Kier molecular flexibility index (Phi) is 6.10. The SMILES string of the molecule is Cc1ccc(F)cc1NC(=O)c1sc2ncn(CC(=O)N3CCC(C)CC3)c(=O)c2c1C. The smallest absolute Gasteiger partial charge is 0.266 e. The summed E-state index contributed by atoms with van der Waals surface area (Å²) in [7, 11) is 0. The monoisotopic (exact) mass is 456 g/mol. The molecule has 0 saturated carbocycles. The number of piperidine rings is 1. The largest absolute Gasteiger partial charge is 0.341 e. The fraction of sp³-hybridized carbons (Fsp3) is 0.391. The number of rotatable bonds is 4. The molecule has 1 aliphatic heterocycles. The van der Waals surface area contributed by atoms with E-state index < -0.39 is 11.7 Å². The van der Waals surface area contributed by atoms with E-state index in [1.165, 1.54) is 23.0 Å². The molecule has 4 rings (SSSR count). The van der Waals surface area contributed by atoms with Gasteiger partial charge in [-0.15, -0.1) is 11.3 Å². The van der Waals surface area contributed by atoms with Crippen LogP contribution in [0.3, 0.4) is 0 Å². The summed E-state index contributed by atoms with van der Waals surface area (Å²) in [4.78, 5) is 45.5. The van der Waals surface area contributed by atoms with Crippen LogP contribution in [0, 0.1) is 25.6 Å². The number of hydrogen-bond acceptors (Lipinski definition) is 5. The van der Waals surface area contributed by atoms with E-state index in [4.69, 9.17) is 0 Å². The number of nitrogens with one attached hydrogen (secondary N) is 1. The Hall–Kier alpha value is -3.07.